The van der Waals surface area contributed by atoms with Crippen molar-refractivity contribution in [2.24, 2.45) is 0 Å². The number of thioether (sulfide) groups is 1. The number of benzene rings is 1. The lowest BCUT2D eigenvalue weighted by Crippen LogP contribution is -2.43. The van der Waals surface area contributed by atoms with Gasteiger partial charge in [-0.25, -0.2) is 0 Å². The van der Waals surface area contributed by atoms with Gasteiger partial charge in [0, 0.05) is 23.0 Å². The topological polar surface area (TPSA) is 50.4 Å². The normalized spacial score (nSPS) is 21.8. The predicted molar refractivity (Wildman–Crippen MR) is 89.2 cm³/mol. The molecule has 1 fully saturated rings. The fraction of sp³-hybridized carbons (Fsp3) is 0.562. The van der Waals surface area contributed by atoms with Crippen molar-refractivity contribution in [2.75, 3.05) is 25.2 Å². The quantitative estimate of drug-likeness (QED) is 0.848. The van der Waals surface area contributed by atoms with Gasteiger partial charge in [-0.2, -0.15) is 11.8 Å². The van der Waals surface area contributed by atoms with Crippen LogP contribution in [-0.4, -0.2) is 37.1 Å². The van der Waals surface area contributed by atoms with E-state index in [4.69, 9.17) is 4.74 Å². The summed E-state index contributed by atoms with van der Waals surface area (Å²) in [5.41, 5.74) is 0.770. The highest BCUT2D eigenvalue weighted by Crippen LogP contribution is 2.27. The van der Waals surface area contributed by atoms with Crippen LogP contribution >= 0.6 is 11.8 Å². The maximum absolute atomic E-state index is 12.0. The molecule has 2 N–H and O–H groups in total. The molecule has 1 saturated carbocycles. The Morgan fingerprint density at radius 3 is 2.95 bits per heavy atom. The second-order valence-electron chi connectivity index (χ2n) is 5.33. The summed E-state index contributed by atoms with van der Waals surface area (Å²) in [5.74, 6) is 0.740. The Labute approximate surface area is 131 Å². The third kappa shape index (κ3) is 4.93. The van der Waals surface area contributed by atoms with E-state index in [0.717, 1.165) is 17.9 Å². The van der Waals surface area contributed by atoms with Gasteiger partial charge in [0.1, 0.15) is 5.75 Å². The van der Waals surface area contributed by atoms with Gasteiger partial charge in [-0.1, -0.05) is 18.9 Å². The fourth-order valence-corrected chi connectivity index (χ4v) is 3.71. The van der Waals surface area contributed by atoms with E-state index >= 15 is 0 Å². The average molecular weight is 308 g/mol. The highest BCUT2D eigenvalue weighted by Gasteiger charge is 2.24. The molecule has 1 aliphatic carbocycles. The van der Waals surface area contributed by atoms with E-state index in [-0.39, 0.29) is 5.91 Å². The minimum atomic E-state index is -0.00585. The molecule has 5 heteroatoms. The van der Waals surface area contributed by atoms with Crippen LogP contribution in [0.15, 0.2) is 24.3 Å². The molecule has 2 atom stereocenters. The molecule has 2 unspecified atom stereocenters. The number of hydrogen-bond donors (Lipinski definition) is 2. The molecule has 0 aromatic heterocycles. The van der Waals surface area contributed by atoms with E-state index in [9.17, 15) is 4.79 Å². The van der Waals surface area contributed by atoms with Crippen molar-refractivity contribution in [1.82, 2.24) is 5.32 Å². The standard InChI is InChI=1S/C16H24N2O2S/c1-20-13-7-5-6-12(10-13)18-16(19)11-17-14-8-3-4-9-15(14)21-2/h5-7,10,14-15,17H,3-4,8-9,11H2,1-2H3,(H,18,19). The Balaban J connectivity index is 1.81. The third-order valence-corrected chi connectivity index (χ3v) is 5.05. The van der Waals surface area contributed by atoms with Crippen LogP contribution in [0.5, 0.6) is 5.75 Å². The molecule has 21 heavy (non-hydrogen) atoms. The van der Waals surface area contributed by atoms with Crippen molar-refractivity contribution in [2.45, 2.75) is 37.0 Å². The third-order valence-electron chi connectivity index (χ3n) is 3.88. The van der Waals surface area contributed by atoms with Crippen molar-refractivity contribution in [3.8, 4) is 5.75 Å². The molecular weight excluding hydrogens is 284 g/mol. The van der Waals surface area contributed by atoms with Gasteiger partial charge in [-0.15, -0.1) is 0 Å². The highest BCUT2D eigenvalue weighted by atomic mass is 32.2. The molecular formula is C16H24N2O2S. The fourth-order valence-electron chi connectivity index (χ4n) is 2.74. The van der Waals surface area contributed by atoms with Gasteiger partial charge in [0.05, 0.1) is 13.7 Å². The summed E-state index contributed by atoms with van der Waals surface area (Å²) in [7, 11) is 1.62. The first-order chi connectivity index (χ1) is 10.2. The van der Waals surface area contributed by atoms with E-state index in [1.54, 1.807) is 7.11 Å². The number of amides is 1. The lowest BCUT2D eigenvalue weighted by molar-refractivity contribution is -0.115. The molecule has 0 heterocycles. The van der Waals surface area contributed by atoms with Gasteiger partial charge in [-0.3, -0.25) is 4.79 Å². The highest BCUT2D eigenvalue weighted by molar-refractivity contribution is 7.99. The molecule has 1 aliphatic rings. The van der Waals surface area contributed by atoms with E-state index in [2.05, 4.69) is 16.9 Å². The monoisotopic (exact) mass is 308 g/mol. The Bertz CT molecular complexity index is 467. The lowest BCUT2D eigenvalue weighted by atomic mass is 9.95. The molecule has 116 valence electrons. The van der Waals surface area contributed by atoms with Gasteiger partial charge >= 0.3 is 0 Å². The first-order valence-electron chi connectivity index (χ1n) is 7.43. The molecule has 1 aromatic carbocycles. The molecule has 4 nitrogen and oxygen atoms in total. The van der Waals surface area contributed by atoms with Crippen LogP contribution in [0.4, 0.5) is 5.69 Å². The van der Waals surface area contributed by atoms with Crippen LogP contribution in [0.1, 0.15) is 25.7 Å². The number of nitrogens with one attached hydrogen (secondary N) is 2. The largest absolute Gasteiger partial charge is 0.497 e. The first-order valence-corrected chi connectivity index (χ1v) is 8.72. The van der Waals surface area contributed by atoms with Crippen molar-refractivity contribution >= 4 is 23.4 Å². The predicted octanol–water partition coefficient (Wildman–Crippen LogP) is 2.90. The number of anilines is 1. The summed E-state index contributed by atoms with van der Waals surface area (Å²) < 4.78 is 5.15. The molecule has 1 aromatic rings. The van der Waals surface area contributed by atoms with Crippen molar-refractivity contribution in [3.05, 3.63) is 24.3 Å². The second-order valence-corrected chi connectivity index (χ2v) is 6.40. The maximum atomic E-state index is 12.0. The van der Waals surface area contributed by atoms with E-state index in [0.29, 0.717) is 17.8 Å². The van der Waals surface area contributed by atoms with Crippen LogP contribution in [0.3, 0.4) is 0 Å². The minimum absolute atomic E-state index is 0.00585. The van der Waals surface area contributed by atoms with Gasteiger partial charge in [0.2, 0.25) is 5.91 Å². The molecule has 2 rings (SSSR count). The van der Waals surface area contributed by atoms with Crippen molar-refractivity contribution in [3.63, 3.8) is 0 Å². The first kappa shape index (κ1) is 16.2. The Hall–Kier alpha value is -1.20. The number of ether oxygens (including phenoxy) is 1. The zero-order valence-electron chi connectivity index (χ0n) is 12.7. The summed E-state index contributed by atoms with van der Waals surface area (Å²) >= 11 is 1.90. The van der Waals surface area contributed by atoms with Gasteiger partial charge in [0.25, 0.3) is 0 Å². The van der Waals surface area contributed by atoms with Crippen LogP contribution < -0.4 is 15.4 Å². The Morgan fingerprint density at radius 2 is 2.19 bits per heavy atom. The second kappa shape index (κ2) is 8.29. The van der Waals surface area contributed by atoms with E-state index < -0.39 is 0 Å². The number of hydrogen-bond acceptors (Lipinski definition) is 4. The molecule has 1 amide bonds. The van der Waals surface area contributed by atoms with Crippen molar-refractivity contribution in [1.29, 1.82) is 0 Å². The summed E-state index contributed by atoms with van der Waals surface area (Å²) in [6, 6.07) is 7.87. The Kier molecular flexibility index (Phi) is 6.39. The van der Waals surface area contributed by atoms with Crippen molar-refractivity contribution < 1.29 is 9.53 Å². The van der Waals surface area contributed by atoms with Gasteiger partial charge in [0.15, 0.2) is 0 Å². The zero-order valence-corrected chi connectivity index (χ0v) is 13.5. The summed E-state index contributed by atoms with van der Waals surface area (Å²) in [5, 5.41) is 6.94. The van der Waals surface area contributed by atoms with Crippen LogP contribution in [0.25, 0.3) is 0 Å². The number of rotatable bonds is 6. The van der Waals surface area contributed by atoms with E-state index in [1.807, 2.05) is 36.0 Å². The molecule has 0 aliphatic heterocycles. The number of carbonyl (C=O) groups is 1. The summed E-state index contributed by atoms with van der Waals surface area (Å²) in [6.07, 6.45) is 7.13. The van der Waals surface area contributed by atoms with Crippen LogP contribution in [-0.2, 0) is 4.79 Å². The van der Waals surface area contributed by atoms with Crippen LogP contribution in [0.2, 0.25) is 0 Å². The summed E-state index contributed by atoms with van der Waals surface area (Å²) in [6.45, 7) is 0.360. The molecule has 0 radical (unpaired) electrons. The van der Waals surface area contributed by atoms with E-state index in [1.165, 1.54) is 19.3 Å². The lowest BCUT2D eigenvalue weighted by Gasteiger charge is -2.30. The van der Waals surface area contributed by atoms with Gasteiger partial charge < -0.3 is 15.4 Å². The summed E-state index contributed by atoms with van der Waals surface area (Å²) in [4.78, 5) is 12.0. The maximum Gasteiger partial charge on any atom is 0.238 e. The zero-order chi connectivity index (χ0) is 15.1. The van der Waals surface area contributed by atoms with Crippen LogP contribution in [0, 0.1) is 0 Å². The van der Waals surface area contributed by atoms with Gasteiger partial charge in [-0.05, 0) is 31.2 Å². The Morgan fingerprint density at radius 1 is 1.38 bits per heavy atom. The number of methoxy groups -OCH3 is 1. The molecule has 0 saturated heterocycles. The average Bonchev–Trinajstić information content (AvgIpc) is 2.53. The minimum Gasteiger partial charge on any atom is -0.497 e. The molecule has 0 spiro atoms. The number of carbonyl (C=O) groups excluding carboxylic acids is 1. The smallest absolute Gasteiger partial charge is 0.238 e. The SMILES string of the molecule is COc1cccc(NC(=O)CNC2CCCCC2SC)c1. The molecule has 0 bridgehead atoms.